The smallest absolute Gasteiger partial charge is 0.338 e. The summed E-state index contributed by atoms with van der Waals surface area (Å²) in [6.45, 7) is 4.76. The maximum atomic E-state index is 12.3. The molecule has 3 rings (SSSR count). The zero-order valence-corrected chi connectivity index (χ0v) is 16.3. The van der Waals surface area contributed by atoms with Crippen molar-refractivity contribution < 1.29 is 23.6 Å². The summed E-state index contributed by atoms with van der Waals surface area (Å²) in [6.07, 6.45) is 0. The fourth-order valence-electron chi connectivity index (χ4n) is 2.62. The van der Waals surface area contributed by atoms with Gasteiger partial charge in [0.15, 0.2) is 12.4 Å². The van der Waals surface area contributed by atoms with Gasteiger partial charge in [-0.3, -0.25) is 10.1 Å². The average molecular weight is 395 g/mol. The molecule has 0 radical (unpaired) electrons. The van der Waals surface area contributed by atoms with Gasteiger partial charge >= 0.3 is 12.0 Å². The summed E-state index contributed by atoms with van der Waals surface area (Å²) in [6, 6.07) is 13.5. The number of ether oxygens (including phenoxy) is 1. The van der Waals surface area contributed by atoms with Crippen LogP contribution in [0.3, 0.4) is 0 Å². The second-order valence-electron chi connectivity index (χ2n) is 7.44. The van der Waals surface area contributed by atoms with Crippen LogP contribution in [0, 0.1) is 0 Å². The number of urea groups is 1. The summed E-state index contributed by atoms with van der Waals surface area (Å²) >= 11 is 0. The van der Waals surface area contributed by atoms with Crippen LogP contribution in [0.5, 0.6) is 0 Å². The molecular weight excluding hydrogens is 374 g/mol. The van der Waals surface area contributed by atoms with Crippen LogP contribution in [0.4, 0.5) is 4.79 Å². The lowest BCUT2D eigenvalue weighted by molar-refractivity contribution is -0.123. The van der Waals surface area contributed by atoms with E-state index in [2.05, 4.69) is 15.8 Å². The summed E-state index contributed by atoms with van der Waals surface area (Å²) in [5.41, 5.74) is 1.16. The van der Waals surface area contributed by atoms with Crippen molar-refractivity contribution in [2.24, 2.45) is 0 Å². The van der Waals surface area contributed by atoms with Crippen LogP contribution in [0.25, 0.3) is 22.2 Å². The largest absolute Gasteiger partial charge is 0.452 e. The maximum Gasteiger partial charge on any atom is 0.338 e. The number of hydrogen-bond donors (Lipinski definition) is 2. The number of amides is 3. The minimum Gasteiger partial charge on any atom is -0.452 e. The van der Waals surface area contributed by atoms with Gasteiger partial charge in [0.2, 0.25) is 0 Å². The van der Waals surface area contributed by atoms with Gasteiger partial charge < -0.3 is 14.6 Å². The number of nitrogens with zero attached hydrogens (tertiary/aromatic N) is 1. The van der Waals surface area contributed by atoms with E-state index in [0.717, 1.165) is 5.56 Å². The standard InChI is InChI=1S/C21H21N3O5/c1-21(2,3)23-20(27)22-17(25)12-28-19(26)14-9-10-16-15(11-14)18(29-24-16)13-7-5-4-6-8-13/h4-11H,12H2,1-3H3,(H2,22,23,25,27). The lowest BCUT2D eigenvalue weighted by Gasteiger charge is -2.20. The van der Waals surface area contributed by atoms with Crippen LogP contribution < -0.4 is 10.6 Å². The monoisotopic (exact) mass is 395 g/mol. The summed E-state index contributed by atoms with van der Waals surface area (Å²) < 4.78 is 10.4. The molecular formula is C21H21N3O5. The topological polar surface area (TPSA) is 111 Å². The molecule has 3 aromatic rings. The van der Waals surface area contributed by atoms with Crippen molar-refractivity contribution in [1.82, 2.24) is 15.8 Å². The quantitative estimate of drug-likeness (QED) is 0.656. The predicted octanol–water partition coefficient (Wildman–Crippen LogP) is 3.28. The number of rotatable bonds is 4. The predicted molar refractivity (Wildman–Crippen MR) is 106 cm³/mol. The summed E-state index contributed by atoms with van der Waals surface area (Å²) in [5, 5.41) is 9.34. The molecule has 0 aliphatic rings. The van der Waals surface area contributed by atoms with Crippen molar-refractivity contribution in [3.8, 4) is 11.3 Å². The maximum absolute atomic E-state index is 12.3. The molecule has 0 saturated carbocycles. The number of fused-ring (bicyclic) bond motifs is 1. The van der Waals surface area contributed by atoms with Gasteiger partial charge in [-0.15, -0.1) is 0 Å². The van der Waals surface area contributed by atoms with E-state index < -0.39 is 30.1 Å². The van der Waals surface area contributed by atoms with Crippen LogP contribution >= 0.6 is 0 Å². The highest BCUT2D eigenvalue weighted by Crippen LogP contribution is 2.29. The highest BCUT2D eigenvalue weighted by atomic mass is 16.5. The number of nitrogens with one attached hydrogen (secondary N) is 2. The van der Waals surface area contributed by atoms with Crippen molar-refractivity contribution >= 4 is 28.8 Å². The Morgan fingerprint density at radius 1 is 1.07 bits per heavy atom. The van der Waals surface area contributed by atoms with Gasteiger partial charge in [0.05, 0.1) is 10.9 Å². The fourth-order valence-corrected chi connectivity index (χ4v) is 2.62. The van der Waals surface area contributed by atoms with E-state index in [-0.39, 0.29) is 5.56 Å². The first kappa shape index (κ1) is 20.1. The Labute approximate surface area is 167 Å². The Morgan fingerprint density at radius 3 is 2.48 bits per heavy atom. The Balaban J connectivity index is 1.67. The van der Waals surface area contributed by atoms with Gasteiger partial charge in [0, 0.05) is 11.1 Å². The van der Waals surface area contributed by atoms with Crippen LogP contribution in [0.1, 0.15) is 31.1 Å². The first-order valence-electron chi connectivity index (χ1n) is 8.97. The molecule has 1 aromatic heterocycles. The molecule has 0 spiro atoms. The molecule has 0 unspecified atom stereocenters. The molecule has 150 valence electrons. The molecule has 0 saturated heterocycles. The van der Waals surface area contributed by atoms with Crippen molar-refractivity contribution in [3.63, 3.8) is 0 Å². The van der Waals surface area contributed by atoms with E-state index in [0.29, 0.717) is 16.7 Å². The fraction of sp³-hybridized carbons (Fsp3) is 0.238. The van der Waals surface area contributed by atoms with Crippen LogP contribution in [0.2, 0.25) is 0 Å². The Kier molecular flexibility index (Phi) is 5.63. The zero-order chi connectivity index (χ0) is 21.0. The zero-order valence-electron chi connectivity index (χ0n) is 16.3. The van der Waals surface area contributed by atoms with Crippen LogP contribution in [-0.2, 0) is 9.53 Å². The van der Waals surface area contributed by atoms with Gasteiger partial charge in [-0.05, 0) is 39.0 Å². The lowest BCUT2D eigenvalue weighted by Crippen LogP contribution is -2.49. The van der Waals surface area contributed by atoms with Crippen molar-refractivity contribution in [1.29, 1.82) is 0 Å². The van der Waals surface area contributed by atoms with Gasteiger partial charge in [-0.1, -0.05) is 35.5 Å². The molecule has 8 nitrogen and oxygen atoms in total. The molecule has 0 aliphatic heterocycles. The van der Waals surface area contributed by atoms with Gasteiger partial charge in [-0.25, -0.2) is 9.59 Å². The lowest BCUT2D eigenvalue weighted by atomic mass is 10.1. The molecule has 0 bridgehead atoms. The van der Waals surface area contributed by atoms with Crippen LogP contribution in [-0.4, -0.2) is 35.2 Å². The molecule has 8 heteroatoms. The third kappa shape index (κ3) is 5.19. The van der Waals surface area contributed by atoms with E-state index in [4.69, 9.17) is 9.26 Å². The molecule has 0 aliphatic carbocycles. The number of carbonyl (C=O) groups excluding carboxylic acids is 3. The second kappa shape index (κ2) is 8.14. The highest BCUT2D eigenvalue weighted by Gasteiger charge is 2.18. The highest BCUT2D eigenvalue weighted by molar-refractivity contribution is 6.00. The Hall–Kier alpha value is -3.68. The first-order valence-corrected chi connectivity index (χ1v) is 8.97. The van der Waals surface area contributed by atoms with Crippen molar-refractivity contribution in [2.45, 2.75) is 26.3 Å². The summed E-state index contributed by atoms with van der Waals surface area (Å²) in [5.74, 6) is -0.888. The van der Waals surface area contributed by atoms with E-state index in [1.165, 1.54) is 6.07 Å². The van der Waals surface area contributed by atoms with Crippen LogP contribution in [0.15, 0.2) is 53.1 Å². The first-order chi connectivity index (χ1) is 13.7. The Morgan fingerprint density at radius 2 is 1.79 bits per heavy atom. The summed E-state index contributed by atoms with van der Waals surface area (Å²) in [4.78, 5) is 35.8. The number of imide groups is 1. The molecule has 0 fully saturated rings. The normalized spacial score (nSPS) is 11.1. The minimum atomic E-state index is -0.726. The van der Waals surface area contributed by atoms with Gasteiger partial charge in [0.25, 0.3) is 5.91 Å². The van der Waals surface area contributed by atoms with E-state index >= 15 is 0 Å². The minimum absolute atomic E-state index is 0.241. The molecule has 2 aromatic carbocycles. The molecule has 1 heterocycles. The van der Waals surface area contributed by atoms with Gasteiger partial charge in [-0.2, -0.15) is 0 Å². The van der Waals surface area contributed by atoms with E-state index in [9.17, 15) is 14.4 Å². The third-order valence-electron chi connectivity index (χ3n) is 3.82. The van der Waals surface area contributed by atoms with E-state index in [1.54, 1.807) is 32.9 Å². The Bertz CT molecular complexity index is 1050. The van der Waals surface area contributed by atoms with E-state index in [1.807, 2.05) is 30.3 Å². The van der Waals surface area contributed by atoms with Crippen molar-refractivity contribution in [2.75, 3.05) is 6.61 Å². The SMILES string of the molecule is CC(C)(C)NC(=O)NC(=O)COC(=O)c1ccc2noc(-c3ccccc3)c2c1. The average Bonchev–Trinajstić information content (AvgIpc) is 3.08. The number of benzene rings is 2. The molecule has 0 atom stereocenters. The van der Waals surface area contributed by atoms with Gasteiger partial charge in [0.1, 0.15) is 5.52 Å². The number of aromatic nitrogens is 1. The van der Waals surface area contributed by atoms with Crippen molar-refractivity contribution in [3.05, 3.63) is 54.1 Å². The molecule has 29 heavy (non-hydrogen) atoms. The second-order valence-corrected chi connectivity index (χ2v) is 7.44. The number of esters is 1. The number of carbonyl (C=O) groups is 3. The summed E-state index contributed by atoms with van der Waals surface area (Å²) in [7, 11) is 0. The molecule has 2 N–H and O–H groups in total. The molecule has 3 amide bonds. The third-order valence-corrected chi connectivity index (χ3v) is 3.82. The number of hydrogen-bond acceptors (Lipinski definition) is 6.